The minimum absolute atomic E-state index is 0.735. The van der Waals surface area contributed by atoms with Crippen molar-refractivity contribution in [3.05, 3.63) is 11.1 Å². The first-order chi connectivity index (χ1) is 7.75. The van der Waals surface area contributed by atoms with E-state index in [0.717, 1.165) is 17.7 Å². The molecule has 1 aliphatic rings. The lowest BCUT2D eigenvalue weighted by atomic mass is 9.95. The topological polar surface area (TPSA) is 28.2 Å². The van der Waals surface area contributed by atoms with Crippen LogP contribution in [-0.4, -0.2) is 25.1 Å². The zero-order valence-electron chi connectivity index (χ0n) is 10.2. The van der Waals surface area contributed by atoms with Gasteiger partial charge in [-0.1, -0.05) is 19.3 Å². The number of nitrogens with one attached hydrogen (secondary N) is 1. The van der Waals surface area contributed by atoms with Gasteiger partial charge in [0, 0.05) is 37.8 Å². The number of hydrogen-bond donors (Lipinski definition) is 1. The second-order valence-electron chi connectivity index (χ2n) is 4.72. The van der Waals surface area contributed by atoms with Crippen molar-refractivity contribution in [1.82, 2.24) is 10.3 Å². The number of anilines is 1. The van der Waals surface area contributed by atoms with Gasteiger partial charge in [0.25, 0.3) is 0 Å². The Morgan fingerprint density at radius 1 is 1.38 bits per heavy atom. The second kappa shape index (κ2) is 5.64. The van der Waals surface area contributed by atoms with Crippen molar-refractivity contribution in [2.24, 2.45) is 0 Å². The fraction of sp³-hybridized carbons (Fsp3) is 0.750. The maximum Gasteiger partial charge on any atom is 0.185 e. The molecule has 0 saturated heterocycles. The molecule has 0 atom stereocenters. The molecular formula is C12H21N3S. The molecule has 0 bridgehead atoms. The van der Waals surface area contributed by atoms with E-state index in [4.69, 9.17) is 0 Å². The van der Waals surface area contributed by atoms with Crippen LogP contribution < -0.4 is 10.2 Å². The molecule has 1 heterocycles. The summed E-state index contributed by atoms with van der Waals surface area (Å²) in [6, 6.07) is 0.735. The first-order valence-corrected chi connectivity index (χ1v) is 6.93. The average Bonchev–Trinajstić information content (AvgIpc) is 2.76. The summed E-state index contributed by atoms with van der Waals surface area (Å²) in [6.45, 7) is 0.982. The van der Waals surface area contributed by atoms with E-state index in [2.05, 4.69) is 15.2 Å². The molecule has 0 amide bonds. The molecule has 2 rings (SSSR count). The third-order valence-electron chi connectivity index (χ3n) is 3.09. The summed E-state index contributed by atoms with van der Waals surface area (Å²) in [4.78, 5) is 7.79. The molecule has 0 unspecified atom stereocenters. The van der Waals surface area contributed by atoms with E-state index in [-0.39, 0.29) is 0 Å². The van der Waals surface area contributed by atoms with Gasteiger partial charge in [-0.3, -0.25) is 0 Å². The van der Waals surface area contributed by atoms with E-state index in [9.17, 15) is 0 Å². The van der Waals surface area contributed by atoms with E-state index in [1.807, 2.05) is 20.3 Å². The molecule has 1 fully saturated rings. The summed E-state index contributed by atoms with van der Waals surface area (Å²) in [6.07, 6.45) is 8.89. The fourth-order valence-corrected chi connectivity index (χ4v) is 2.92. The van der Waals surface area contributed by atoms with Gasteiger partial charge in [0.05, 0.1) is 0 Å². The number of nitrogens with zero attached hydrogens (tertiary/aromatic N) is 2. The van der Waals surface area contributed by atoms with Gasteiger partial charge in [0.1, 0.15) is 0 Å². The molecule has 1 aromatic heterocycles. The second-order valence-corrected chi connectivity index (χ2v) is 5.81. The molecular weight excluding hydrogens is 218 g/mol. The van der Waals surface area contributed by atoms with E-state index in [0.29, 0.717) is 0 Å². The van der Waals surface area contributed by atoms with Crippen LogP contribution in [0.25, 0.3) is 0 Å². The third kappa shape index (κ3) is 3.19. The van der Waals surface area contributed by atoms with Gasteiger partial charge in [-0.25, -0.2) is 4.98 Å². The molecule has 1 aliphatic carbocycles. The van der Waals surface area contributed by atoms with Crippen molar-refractivity contribution >= 4 is 16.5 Å². The minimum atomic E-state index is 0.735. The lowest BCUT2D eigenvalue weighted by molar-refractivity contribution is 0.373. The molecule has 1 aromatic rings. The van der Waals surface area contributed by atoms with Crippen molar-refractivity contribution in [3.8, 4) is 0 Å². The number of aromatic nitrogens is 1. The van der Waals surface area contributed by atoms with Crippen LogP contribution in [0, 0.1) is 0 Å². The molecule has 90 valence electrons. The van der Waals surface area contributed by atoms with Gasteiger partial charge in [-0.2, -0.15) is 0 Å². The standard InChI is InChI=1S/C12H21N3S/c1-15(2)12-14-9-11(16-12)8-13-10-6-4-3-5-7-10/h9-10,13H,3-8H2,1-2H3. The summed E-state index contributed by atoms with van der Waals surface area (Å²) in [5, 5.41) is 4.74. The highest BCUT2D eigenvalue weighted by molar-refractivity contribution is 7.15. The van der Waals surface area contributed by atoms with Crippen LogP contribution in [0.3, 0.4) is 0 Å². The van der Waals surface area contributed by atoms with E-state index in [1.165, 1.54) is 37.0 Å². The normalized spacial score (nSPS) is 17.6. The Hall–Kier alpha value is -0.610. The van der Waals surface area contributed by atoms with Gasteiger partial charge < -0.3 is 10.2 Å². The Morgan fingerprint density at radius 2 is 2.12 bits per heavy atom. The predicted octanol–water partition coefficient (Wildman–Crippen LogP) is 2.63. The molecule has 1 saturated carbocycles. The lowest BCUT2D eigenvalue weighted by Crippen LogP contribution is -2.30. The summed E-state index contributed by atoms with van der Waals surface area (Å²) in [5.74, 6) is 0. The highest BCUT2D eigenvalue weighted by Crippen LogP contribution is 2.22. The van der Waals surface area contributed by atoms with Gasteiger partial charge in [-0.15, -0.1) is 11.3 Å². The first kappa shape index (κ1) is 11.9. The largest absolute Gasteiger partial charge is 0.354 e. The minimum Gasteiger partial charge on any atom is -0.354 e. The molecule has 3 nitrogen and oxygen atoms in total. The van der Waals surface area contributed by atoms with Gasteiger partial charge >= 0.3 is 0 Å². The van der Waals surface area contributed by atoms with Crippen molar-refractivity contribution < 1.29 is 0 Å². The van der Waals surface area contributed by atoms with Crippen molar-refractivity contribution in [1.29, 1.82) is 0 Å². The Kier molecular flexibility index (Phi) is 4.18. The molecule has 0 radical (unpaired) electrons. The van der Waals surface area contributed by atoms with Crippen LogP contribution in [-0.2, 0) is 6.54 Å². The van der Waals surface area contributed by atoms with Crippen molar-refractivity contribution in [3.63, 3.8) is 0 Å². The summed E-state index contributed by atoms with van der Waals surface area (Å²) in [5.41, 5.74) is 0. The average molecular weight is 239 g/mol. The molecule has 0 spiro atoms. The van der Waals surface area contributed by atoms with Crippen LogP contribution in [0.4, 0.5) is 5.13 Å². The highest BCUT2D eigenvalue weighted by Gasteiger charge is 2.13. The van der Waals surface area contributed by atoms with Crippen LogP contribution >= 0.6 is 11.3 Å². The Morgan fingerprint density at radius 3 is 2.75 bits per heavy atom. The Bertz CT molecular complexity index is 316. The van der Waals surface area contributed by atoms with Gasteiger partial charge in [-0.05, 0) is 12.8 Å². The molecule has 16 heavy (non-hydrogen) atoms. The maximum atomic E-state index is 4.38. The SMILES string of the molecule is CN(C)c1ncc(CNC2CCCCC2)s1. The number of thiazole rings is 1. The van der Waals surface area contributed by atoms with Gasteiger partial charge in [0.15, 0.2) is 5.13 Å². The monoisotopic (exact) mass is 239 g/mol. The first-order valence-electron chi connectivity index (χ1n) is 6.11. The third-order valence-corrected chi connectivity index (χ3v) is 4.26. The fourth-order valence-electron chi connectivity index (χ4n) is 2.14. The molecule has 4 heteroatoms. The van der Waals surface area contributed by atoms with Gasteiger partial charge in [0.2, 0.25) is 0 Å². The molecule has 1 N–H and O–H groups in total. The quantitative estimate of drug-likeness (QED) is 0.875. The number of rotatable bonds is 4. The van der Waals surface area contributed by atoms with Crippen LogP contribution in [0.5, 0.6) is 0 Å². The van der Waals surface area contributed by atoms with E-state index in [1.54, 1.807) is 11.3 Å². The van der Waals surface area contributed by atoms with Crippen LogP contribution in [0.2, 0.25) is 0 Å². The predicted molar refractivity (Wildman–Crippen MR) is 70.2 cm³/mol. The zero-order chi connectivity index (χ0) is 11.4. The Balaban J connectivity index is 1.79. The summed E-state index contributed by atoms with van der Waals surface area (Å²) < 4.78 is 0. The van der Waals surface area contributed by atoms with E-state index < -0.39 is 0 Å². The summed E-state index contributed by atoms with van der Waals surface area (Å²) in [7, 11) is 4.08. The molecule has 0 aliphatic heterocycles. The van der Waals surface area contributed by atoms with Crippen molar-refractivity contribution in [2.75, 3.05) is 19.0 Å². The van der Waals surface area contributed by atoms with Crippen LogP contribution in [0.1, 0.15) is 37.0 Å². The lowest BCUT2D eigenvalue weighted by Gasteiger charge is -2.22. The number of hydrogen-bond acceptors (Lipinski definition) is 4. The maximum absolute atomic E-state index is 4.38. The zero-order valence-corrected chi connectivity index (χ0v) is 11.0. The smallest absolute Gasteiger partial charge is 0.185 e. The van der Waals surface area contributed by atoms with Crippen molar-refractivity contribution in [2.45, 2.75) is 44.7 Å². The van der Waals surface area contributed by atoms with E-state index >= 15 is 0 Å². The van der Waals surface area contributed by atoms with Crippen LogP contribution in [0.15, 0.2) is 6.20 Å². The highest BCUT2D eigenvalue weighted by atomic mass is 32.1. The summed E-state index contributed by atoms with van der Waals surface area (Å²) >= 11 is 1.78. The molecule has 0 aromatic carbocycles. The Labute approximate surface area is 102 Å².